The third-order valence-corrected chi connectivity index (χ3v) is 3.30. The molecule has 3 rings (SSSR count). The number of anilines is 1. The standard InChI is InChI=1S/C17H13N3O3/c21-16(12-8-4-5-9-13(12)17(22)23)18-15-10-14(19-20-15)11-6-2-1-3-7-11/h1-10H,(H,22,23)(H2,18,19,20,21)/p-1. The molecule has 0 aliphatic rings. The molecule has 2 aromatic carbocycles. The zero-order chi connectivity index (χ0) is 16.2. The SMILES string of the molecule is O=C([O-])c1ccccc1C(=O)Nc1cc(-c2ccccc2)[nH]n1. The van der Waals surface area contributed by atoms with E-state index < -0.39 is 11.9 Å². The minimum Gasteiger partial charge on any atom is -0.545 e. The van der Waals surface area contributed by atoms with Crippen LogP contribution in [0.3, 0.4) is 0 Å². The number of nitrogens with one attached hydrogen (secondary N) is 2. The molecular formula is C17H12N3O3-. The number of nitrogens with zero attached hydrogens (tertiary/aromatic N) is 1. The van der Waals surface area contributed by atoms with Crippen molar-refractivity contribution < 1.29 is 14.7 Å². The first-order valence-corrected chi connectivity index (χ1v) is 6.87. The van der Waals surface area contributed by atoms with Crippen LogP contribution in [-0.2, 0) is 0 Å². The van der Waals surface area contributed by atoms with E-state index in [0.717, 1.165) is 11.3 Å². The Bertz CT molecular complexity index is 856. The molecule has 0 saturated carbocycles. The Morgan fingerprint density at radius 3 is 2.30 bits per heavy atom. The summed E-state index contributed by atoms with van der Waals surface area (Å²) in [4.78, 5) is 23.3. The molecule has 23 heavy (non-hydrogen) atoms. The molecule has 0 fully saturated rings. The van der Waals surface area contributed by atoms with Gasteiger partial charge in [0, 0.05) is 17.2 Å². The number of H-pyrrole nitrogens is 1. The second-order valence-electron chi connectivity index (χ2n) is 4.82. The van der Waals surface area contributed by atoms with Crippen LogP contribution in [0, 0.1) is 0 Å². The van der Waals surface area contributed by atoms with Crippen LogP contribution >= 0.6 is 0 Å². The molecular weight excluding hydrogens is 294 g/mol. The van der Waals surface area contributed by atoms with Crippen molar-refractivity contribution in [2.24, 2.45) is 0 Å². The topological polar surface area (TPSA) is 97.9 Å². The van der Waals surface area contributed by atoms with Gasteiger partial charge < -0.3 is 15.2 Å². The van der Waals surface area contributed by atoms with Gasteiger partial charge in [0.05, 0.1) is 11.7 Å². The molecule has 1 amide bonds. The summed E-state index contributed by atoms with van der Waals surface area (Å²) in [6.07, 6.45) is 0. The van der Waals surface area contributed by atoms with Crippen LogP contribution in [0.4, 0.5) is 5.82 Å². The summed E-state index contributed by atoms with van der Waals surface area (Å²) < 4.78 is 0. The van der Waals surface area contributed by atoms with Crippen LogP contribution < -0.4 is 10.4 Å². The van der Waals surface area contributed by atoms with Gasteiger partial charge in [-0.25, -0.2) is 0 Å². The highest BCUT2D eigenvalue weighted by molar-refractivity contribution is 6.10. The average molecular weight is 306 g/mol. The number of carbonyl (C=O) groups excluding carboxylic acids is 2. The highest BCUT2D eigenvalue weighted by Crippen LogP contribution is 2.19. The van der Waals surface area contributed by atoms with Crippen LogP contribution in [0.25, 0.3) is 11.3 Å². The van der Waals surface area contributed by atoms with E-state index in [1.54, 1.807) is 12.1 Å². The van der Waals surface area contributed by atoms with Crippen LogP contribution in [0.2, 0.25) is 0 Å². The molecule has 0 atom stereocenters. The largest absolute Gasteiger partial charge is 0.545 e. The summed E-state index contributed by atoms with van der Waals surface area (Å²) in [5.41, 5.74) is 1.53. The summed E-state index contributed by atoms with van der Waals surface area (Å²) >= 11 is 0. The van der Waals surface area contributed by atoms with Crippen LogP contribution in [0.15, 0.2) is 60.7 Å². The van der Waals surface area contributed by atoms with E-state index in [1.165, 1.54) is 18.2 Å². The van der Waals surface area contributed by atoms with E-state index in [9.17, 15) is 14.7 Å². The van der Waals surface area contributed by atoms with Gasteiger partial charge in [-0.2, -0.15) is 5.10 Å². The van der Waals surface area contributed by atoms with Crippen molar-refractivity contribution in [3.05, 3.63) is 71.8 Å². The minimum absolute atomic E-state index is 0.0248. The molecule has 6 heteroatoms. The maximum atomic E-state index is 12.2. The van der Waals surface area contributed by atoms with Crippen molar-refractivity contribution >= 4 is 17.7 Å². The summed E-state index contributed by atoms with van der Waals surface area (Å²) in [6.45, 7) is 0. The predicted octanol–water partition coefficient (Wildman–Crippen LogP) is 1.69. The molecule has 1 aromatic heterocycles. The van der Waals surface area contributed by atoms with Gasteiger partial charge in [0.25, 0.3) is 5.91 Å². The van der Waals surface area contributed by atoms with Crippen molar-refractivity contribution in [3.8, 4) is 11.3 Å². The minimum atomic E-state index is -1.40. The van der Waals surface area contributed by atoms with Gasteiger partial charge in [0.15, 0.2) is 5.82 Å². The molecule has 0 bridgehead atoms. The van der Waals surface area contributed by atoms with Gasteiger partial charge in [-0.15, -0.1) is 0 Å². The maximum absolute atomic E-state index is 12.2. The fraction of sp³-hybridized carbons (Fsp3) is 0. The number of hydrogen-bond acceptors (Lipinski definition) is 4. The summed E-state index contributed by atoms with van der Waals surface area (Å²) in [5.74, 6) is -1.65. The predicted molar refractivity (Wildman–Crippen MR) is 82.7 cm³/mol. The van der Waals surface area contributed by atoms with Gasteiger partial charge in [-0.05, 0) is 11.6 Å². The van der Waals surface area contributed by atoms with E-state index in [1.807, 2.05) is 30.3 Å². The highest BCUT2D eigenvalue weighted by atomic mass is 16.4. The molecule has 3 aromatic rings. The number of amides is 1. The first-order valence-electron chi connectivity index (χ1n) is 6.87. The Morgan fingerprint density at radius 1 is 0.957 bits per heavy atom. The van der Waals surface area contributed by atoms with E-state index in [-0.39, 0.29) is 11.1 Å². The first kappa shape index (κ1) is 14.5. The molecule has 0 radical (unpaired) electrons. The fourth-order valence-corrected chi connectivity index (χ4v) is 2.19. The maximum Gasteiger partial charge on any atom is 0.257 e. The quantitative estimate of drug-likeness (QED) is 0.766. The second kappa shape index (κ2) is 6.15. The van der Waals surface area contributed by atoms with Gasteiger partial charge in [0.2, 0.25) is 0 Å². The molecule has 1 heterocycles. The number of carboxylic acids is 1. The van der Waals surface area contributed by atoms with Crippen LogP contribution in [-0.4, -0.2) is 22.1 Å². The van der Waals surface area contributed by atoms with Gasteiger partial charge in [-0.1, -0.05) is 48.5 Å². The number of carboxylic acid groups (broad SMARTS) is 1. The summed E-state index contributed by atoms with van der Waals surface area (Å²) in [5, 5.41) is 20.5. The first-order chi connectivity index (χ1) is 11.1. The molecule has 2 N–H and O–H groups in total. The van der Waals surface area contributed by atoms with Crippen molar-refractivity contribution in [2.75, 3.05) is 5.32 Å². The number of aromatic amines is 1. The third kappa shape index (κ3) is 3.11. The molecule has 0 aliphatic carbocycles. The number of aromatic nitrogens is 2. The number of rotatable bonds is 4. The van der Waals surface area contributed by atoms with Crippen molar-refractivity contribution in [1.29, 1.82) is 0 Å². The normalized spacial score (nSPS) is 10.3. The lowest BCUT2D eigenvalue weighted by Gasteiger charge is -2.09. The fourth-order valence-electron chi connectivity index (χ4n) is 2.19. The monoisotopic (exact) mass is 306 g/mol. The molecule has 0 unspecified atom stereocenters. The zero-order valence-corrected chi connectivity index (χ0v) is 11.9. The Labute approximate surface area is 131 Å². The Balaban J connectivity index is 1.82. The average Bonchev–Trinajstić information content (AvgIpc) is 3.04. The van der Waals surface area contributed by atoms with Crippen molar-refractivity contribution in [2.45, 2.75) is 0 Å². The summed E-state index contributed by atoms with van der Waals surface area (Å²) in [7, 11) is 0. The van der Waals surface area contributed by atoms with E-state index in [0.29, 0.717) is 5.82 Å². The number of aromatic carboxylic acids is 1. The van der Waals surface area contributed by atoms with Crippen LogP contribution in [0.1, 0.15) is 20.7 Å². The zero-order valence-electron chi connectivity index (χ0n) is 11.9. The van der Waals surface area contributed by atoms with Gasteiger partial charge in [-0.3, -0.25) is 9.89 Å². The molecule has 0 spiro atoms. The lowest BCUT2D eigenvalue weighted by Crippen LogP contribution is -2.26. The van der Waals surface area contributed by atoms with Crippen molar-refractivity contribution in [1.82, 2.24) is 10.2 Å². The lowest BCUT2D eigenvalue weighted by molar-refractivity contribution is -0.255. The number of hydrogen-bond donors (Lipinski definition) is 2. The Hall–Kier alpha value is -3.41. The number of benzene rings is 2. The molecule has 0 saturated heterocycles. The van der Waals surface area contributed by atoms with E-state index >= 15 is 0 Å². The molecule has 6 nitrogen and oxygen atoms in total. The highest BCUT2D eigenvalue weighted by Gasteiger charge is 2.13. The Kier molecular flexibility index (Phi) is 3.88. The smallest absolute Gasteiger partial charge is 0.257 e. The Morgan fingerprint density at radius 2 is 1.61 bits per heavy atom. The third-order valence-electron chi connectivity index (χ3n) is 3.30. The number of carbonyl (C=O) groups is 2. The molecule has 114 valence electrons. The van der Waals surface area contributed by atoms with E-state index in [4.69, 9.17) is 0 Å². The lowest BCUT2D eigenvalue weighted by atomic mass is 10.1. The van der Waals surface area contributed by atoms with Crippen LogP contribution in [0.5, 0.6) is 0 Å². The molecule has 0 aliphatic heterocycles. The summed E-state index contributed by atoms with van der Waals surface area (Å²) in [6, 6.07) is 17.0. The van der Waals surface area contributed by atoms with Gasteiger partial charge in [0.1, 0.15) is 0 Å². The van der Waals surface area contributed by atoms with Gasteiger partial charge >= 0.3 is 0 Å². The second-order valence-corrected chi connectivity index (χ2v) is 4.82. The van der Waals surface area contributed by atoms with Crippen molar-refractivity contribution in [3.63, 3.8) is 0 Å². The van der Waals surface area contributed by atoms with E-state index in [2.05, 4.69) is 15.5 Å².